The van der Waals surface area contributed by atoms with Gasteiger partial charge in [-0.1, -0.05) is 11.6 Å². The number of allylic oxidation sites excluding steroid dienone is 1. The number of nitriles is 1. The van der Waals surface area contributed by atoms with Gasteiger partial charge in [0.25, 0.3) is 0 Å². The Kier molecular flexibility index (Phi) is 5.59. The van der Waals surface area contributed by atoms with Crippen LogP contribution < -0.4 is 0 Å². The van der Waals surface area contributed by atoms with Crippen molar-refractivity contribution in [2.75, 3.05) is 6.54 Å². The summed E-state index contributed by atoms with van der Waals surface area (Å²) in [7, 11) is 0. The van der Waals surface area contributed by atoms with Gasteiger partial charge in [-0.25, -0.2) is 0 Å². The van der Waals surface area contributed by atoms with E-state index in [1.807, 2.05) is 26.0 Å². The molecule has 0 aliphatic carbocycles. The summed E-state index contributed by atoms with van der Waals surface area (Å²) < 4.78 is 0. The molecule has 0 aliphatic heterocycles. The summed E-state index contributed by atoms with van der Waals surface area (Å²) in [4.78, 5) is 17.7. The van der Waals surface area contributed by atoms with Gasteiger partial charge in [0.2, 0.25) is 5.91 Å². The van der Waals surface area contributed by atoms with E-state index in [1.165, 1.54) is 0 Å². The van der Waals surface area contributed by atoms with Crippen LogP contribution in [0.4, 0.5) is 0 Å². The minimum absolute atomic E-state index is 0.0610. The van der Waals surface area contributed by atoms with Gasteiger partial charge in [-0.15, -0.1) is 0 Å². The van der Waals surface area contributed by atoms with Crippen LogP contribution in [-0.2, 0) is 11.3 Å². The van der Waals surface area contributed by atoms with Crippen LogP contribution >= 0.6 is 0 Å². The predicted molar refractivity (Wildman–Crippen MR) is 69.3 cm³/mol. The van der Waals surface area contributed by atoms with Crippen LogP contribution in [0.25, 0.3) is 0 Å². The maximum absolute atomic E-state index is 12.0. The van der Waals surface area contributed by atoms with Gasteiger partial charge in [0.15, 0.2) is 0 Å². The first-order chi connectivity index (χ1) is 8.63. The lowest BCUT2D eigenvalue weighted by molar-refractivity contribution is -0.126. The van der Waals surface area contributed by atoms with E-state index in [4.69, 9.17) is 5.26 Å². The first-order valence-electron chi connectivity index (χ1n) is 5.83. The summed E-state index contributed by atoms with van der Waals surface area (Å²) in [6.07, 6.45) is 5.35. The highest BCUT2D eigenvalue weighted by atomic mass is 16.2. The van der Waals surface area contributed by atoms with Crippen molar-refractivity contribution >= 4 is 5.91 Å². The normalized spacial score (nSPS) is 9.39. The molecule has 0 saturated heterocycles. The van der Waals surface area contributed by atoms with Crippen LogP contribution in [0.2, 0.25) is 0 Å². The lowest BCUT2D eigenvalue weighted by atomic mass is 10.2. The zero-order valence-corrected chi connectivity index (χ0v) is 10.8. The highest BCUT2D eigenvalue weighted by Gasteiger charge is 2.11. The molecule has 0 atom stereocenters. The number of hydrogen-bond acceptors (Lipinski definition) is 3. The van der Waals surface area contributed by atoms with E-state index >= 15 is 0 Å². The topological polar surface area (TPSA) is 57.0 Å². The van der Waals surface area contributed by atoms with Crippen molar-refractivity contribution in [2.45, 2.75) is 26.8 Å². The Hall–Kier alpha value is -2.15. The molecule has 0 aliphatic rings. The van der Waals surface area contributed by atoms with Gasteiger partial charge < -0.3 is 4.90 Å². The Morgan fingerprint density at radius 3 is 2.89 bits per heavy atom. The summed E-state index contributed by atoms with van der Waals surface area (Å²) in [5.41, 5.74) is 1.92. The number of carbonyl (C=O) groups is 1. The summed E-state index contributed by atoms with van der Waals surface area (Å²) in [5.74, 6) is -0.0610. The van der Waals surface area contributed by atoms with Gasteiger partial charge in [-0.2, -0.15) is 5.26 Å². The fourth-order valence-electron chi connectivity index (χ4n) is 1.50. The number of aromatic nitrogens is 1. The summed E-state index contributed by atoms with van der Waals surface area (Å²) in [6.45, 7) is 4.68. The van der Waals surface area contributed by atoms with Crippen molar-refractivity contribution in [2.24, 2.45) is 0 Å². The van der Waals surface area contributed by atoms with E-state index in [9.17, 15) is 4.79 Å². The Morgan fingerprint density at radius 1 is 1.56 bits per heavy atom. The molecule has 0 saturated carbocycles. The second-order valence-electron chi connectivity index (χ2n) is 4.25. The largest absolute Gasteiger partial charge is 0.334 e. The first-order valence-corrected chi connectivity index (χ1v) is 5.83. The molecule has 1 amide bonds. The Labute approximate surface area is 108 Å². The van der Waals surface area contributed by atoms with Gasteiger partial charge in [-0.05, 0) is 25.5 Å². The minimum Gasteiger partial charge on any atom is -0.334 e. The van der Waals surface area contributed by atoms with Crippen LogP contribution in [0, 0.1) is 11.3 Å². The fraction of sp³-hybridized carbons (Fsp3) is 0.357. The minimum atomic E-state index is -0.0610. The predicted octanol–water partition coefficient (Wildman–Crippen LogP) is 2.29. The summed E-state index contributed by atoms with van der Waals surface area (Å²) in [5, 5.41) is 8.63. The standard InChI is InChI=1S/C14H17N3O/c1-12(2)9-14(18)17(8-4-6-15)11-13-5-3-7-16-10-13/h3,5,7,9-10H,4,8,11H2,1-2H3. The highest BCUT2D eigenvalue weighted by Crippen LogP contribution is 2.06. The molecular weight excluding hydrogens is 226 g/mol. The molecule has 1 rings (SSSR count). The smallest absolute Gasteiger partial charge is 0.246 e. The Balaban J connectivity index is 2.76. The van der Waals surface area contributed by atoms with Gasteiger partial charge in [0, 0.05) is 31.6 Å². The molecule has 18 heavy (non-hydrogen) atoms. The van der Waals surface area contributed by atoms with Crippen molar-refractivity contribution in [1.82, 2.24) is 9.88 Å². The molecule has 0 radical (unpaired) electrons. The zero-order chi connectivity index (χ0) is 13.4. The zero-order valence-electron chi connectivity index (χ0n) is 10.8. The molecule has 1 aromatic heterocycles. The SMILES string of the molecule is CC(C)=CC(=O)N(CCC#N)Cc1cccnc1. The second-order valence-corrected chi connectivity index (χ2v) is 4.25. The molecule has 0 fully saturated rings. The molecule has 4 heteroatoms. The van der Waals surface area contributed by atoms with E-state index in [2.05, 4.69) is 11.1 Å². The number of amides is 1. The molecule has 4 nitrogen and oxygen atoms in total. The van der Waals surface area contributed by atoms with Gasteiger partial charge in [0.05, 0.1) is 12.5 Å². The third-order valence-electron chi connectivity index (χ3n) is 2.31. The number of nitrogens with zero attached hydrogens (tertiary/aromatic N) is 3. The second kappa shape index (κ2) is 7.23. The molecule has 0 N–H and O–H groups in total. The number of hydrogen-bond donors (Lipinski definition) is 0. The summed E-state index contributed by atoms with van der Waals surface area (Å²) >= 11 is 0. The van der Waals surface area contributed by atoms with Crippen molar-refractivity contribution in [1.29, 1.82) is 5.26 Å². The molecule has 94 valence electrons. The monoisotopic (exact) mass is 243 g/mol. The van der Waals surface area contributed by atoms with Crippen LogP contribution in [0.1, 0.15) is 25.8 Å². The molecule has 0 aromatic carbocycles. The van der Waals surface area contributed by atoms with Crippen LogP contribution in [0.5, 0.6) is 0 Å². The molecule has 1 aromatic rings. The summed E-state index contributed by atoms with van der Waals surface area (Å²) in [6, 6.07) is 5.82. The first kappa shape index (κ1) is 13.9. The Bertz CT molecular complexity index is 456. The van der Waals surface area contributed by atoms with Crippen molar-refractivity contribution in [3.63, 3.8) is 0 Å². The number of carbonyl (C=O) groups excluding carboxylic acids is 1. The van der Waals surface area contributed by atoms with Crippen LogP contribution in [0.15, 0.2) is 36.2 Å². The quantitative estimate of drug-likeness (QED) is 0.745. The Morgan fingerprint density at radius 2 is 2.33 bits per heavy atom. The lowest BCUT2D eigenvalue weighted by Crippen LogP contribution is -2.30. The molecular formula is C14H17N3O. The third-order valence-corrected chi connectivity index (χ3v) is 2.31. The molecule has 1 heterocycles. The van der Waals surface area contributed by atoms with Gasteiger partial charge >= 0.3 is 0 Å². The molecule has 0 bridgehead atoms. The average Bonchev–Trinajstić information content (AvgIpc) is 2.34. The van der Waals surface area contributed by atoms with Crippen LogP contribution in [0.3, 0.4) is 0 Å². The van der Waals surface area contributed by atoms with Crippen LogP contribution in [-0.4, -0.2) is 22.3 Å². The van der Waals surface area contributed by atoms with Gasteiger partial charge in [-0.3, -0.25) is 9.78 Å². The van der Waals surface area contributed by atoms with Crippen molar-refractivity contribution in [3.05, 3.63) is 41.7 Å². The number of pyridine rings is 1. The highest BCUT2D eigenvalue weighted by molar-refractivity contribution is 5.88. The fourth-order valence-corrected chi connectivity index (χ4v) is 1.50. The average molecular weight is 243 g/mol. The van der Waals surface area contributed by atoms with Crippen molar-refractivity contribution in [3.8, 4) is 6.07 Å². The maximum Gasteiger partial charge on any atom is 0.246 e. The molecule has 0 spiro atoms. The third kappa shape index (κ3) is 4.79. The number of rotatable bonds is 5. The van der Waals surface area contributed by atoms with E-state index in [-0.39, 0.29) is 5.91 Å². The van der Waals surface area contributed by atoms with Crippen molar-refractivity contribution < 1.29 is 4.79 Å². The maximum atomic E-state index is 12.0. The van der Waals surface area contributed by atoms with E-state index in [1.54, 1.807) is 23.4 Å². The van der Waals surface area contributed by atoms with E-state index in [0.717, 1.165) is 11.1 Å². The van der Waals surface area contributed by atoms with Gasteiger partial charge in [0.1, 0.15) is 0 Å². The lowest BCUT2D eigenvalue weighted by Gasteiger charge is -2.20. The molecule has 0 unspecified atom stereocenters. The van der Waals surface area contributed by atoms with E-state index in [0.29, 0.717) is 19.5 Å². The van der Waals surface area contributed by atoms with E-state index < -0.39 is 0 Å².